The van der Waals surface area contributed by atoms with Crippen LogP contribution in [0.5, 0.6) is 0 Å². The Balaban J connectivity index is 2.30. The van der Waals surface area contributed by atoms with Crippen molar-refractivity contribution in [2.75, 3.05) is 12.3 Å². The molecule has 0 N–H and O–H groups in total. The first kappa shape index (κ1) is 19.1. The minimum Gasteiger partial charge on any atom is -0.138 e. The molecule has 0 fully saturated rings. The lowest BCUT2D eigenvalue weighted by Gasteiger charge is -2.17. The van der Waals surface area contributed by atoms with Crippen molar-refractivity contribution in [3.8, 4) is 0 Å². The molecule has 0 aliphatic rings. The standard InChI is InChI=1S/C19H34P2/c20-16-10-3-1-2-6-12-18(15-9-5-11-17-21)19-13-7-4-8-14-19/h4,7-8,13-14,18H,1-3,5-6,9-12,15-17,20-21H2. The van der Waals surface area contributed by atoms with Crippen LogP contribution in [0.25, 0.3) is 0 Å². The Kier molecular flexibility index (Phi) is 12.5. The van der Waals surface area contributed by atoms with Gasteiger partial charge in [-0.3, -0.25) is 0 Å². The van der Waals surface area contributed by atoms with E-state index < -0.39 is 0 Å². The Morgan fingerprint density at radius 2 is 1.10 bits per heavy atom. The highest BCUT2D eigenvalue weighted by Gasteiger charge is 2.10. The summed E-state index contributed by atoms with van der Waals surface area (Å²) in [7, 11) is 5.68. The van der Waals surface area contributed by atoms with Gasteiger partial charge in [0.25, 0.3) is 0 Å². The van der Waals surface area contributed by atoms with Gasteiger partial charge in [-0.2, -0.15) is 0 Å². The molecule has 3 unspecified atom stereocenters. The molecule has 0 bridgehead atoms. The van der Waals surface area contributed by atoms with Crippen LogP contribution in [0.4, 0.5) is 0 Å². The van der Waals surface area contributed by atoms with E-state index in [-0.39, 0.29) is 0 Å². The van der Waals surface area contributed by atoms with Gasteiger partial charge in [0.1, 0.15) is 0 Å². The Morgan fingerprint density at radius 1 is 0.619 bits per heavy atom. The lowest BCUT2D eigenvalue weighted by Crippen LogP contribution is -1.99. The zero-order chi connectivity index (χ0) is 15.2. The molecule has 0 aromatic heterocycles. The van der Waals surface area contributed by atoms with Crippen LogP contribution in [-0.2, 0) is 0 Å². The maximum Gasteiger partial charge on any atom is -0.0162 e. The third kappa shape index (κ3) is 9.65. The minimum absolute atomic E-state index is 0.789. The molecule has 1 aromatic rings. The van der Waals surface area contributed by atoms with Crippen molar-refractivity contribution in [3.63, 3.8) is 0 Å². The number of hydrogen-bond donors (Lipinski definition) is 0. The van der Waals surface area contributed by atoms with E-state index in [1.807, 2.05) is 0 Å². The molecule has 0 saturated heterocycles. The summed E-state index contributed by atoms with van der Waals surface area (Å²) in [4.78, 5) is 0. The predicted molar refractivity (Wildman–Crippen MR) is 105 cm³/mol. The smallest absolute Gasteiger partial charge is 0.0162 e. The summed E-state index contributed by atoms with van der Waals surface area (Å²) >= 11 is 0. The molecule has 0 heterocycles. The Bertz CT molecular complexity index is 324. The second-order valence-electron chi connectivity index (χ2n) is 6.09. The fourth-order valence-corrected chi connectivity index (χ4v) is 3.56. The van der Waals surface area contributed by atoms with Gasteiger partial charge in [0.2, 0.25) is 0 Å². The van der Waals surface area contributed by atoms with Crippen molar-refractivity contribution in [2.45, 2.75) is 70.1 Å². The molecule has 0 radical (unpaired) electrons. The summed E-state index contributed by atoms with van der Waals surface area (Å²) in [5.41, 5.74) is 1.56. The van der Waals surface area contributed by atoms with Crippen molar-refractivity contribution >= 4 is 18.5 Å². The van der Waals surface area contributed by atoms with Crippen molar-refractivity contribution in [3.05, 3.63) is 35.9 Å². The second kappa shape index (κ2) is 13.7. The van der Waals surface area contributed by atoms with Crippen LogP contribution in [0.1, 0.15) is 75.7 Å². The van der Waals surface area contributed by atoms with Crippen LogP contribution < -0.4 is 0 Å². The van der Waals surface area contributed by atoms with Gasteiger partial charge in [-0.25, -0.2) is 0 Å². The summed E-state index contributed by atoms with van der Waals surface area (Å²) in [6.45, 7) is 0. The molecule has 21 heavy (non-hydrogen) atoms. The summed E-state index contributed by atoms with van der Waals surface area (Å²) < 4.78 is 0. The fraction of sp³-hybridized carbons (Fsp3) is 0.684. The largest absolute Gasteiger partial charge is 0.138 e. The maximum atomic E-state index is 2.84. The molecule has 2 heteroatoms. The molecular weight excluding hydrogens is 290 g/mol. The predicted octanol–water partition coefficient (Wildman–Crippen LogP) is 6.42. The van der Waals surface area contributed by atoms with Crippen LogP contribution in [0.3, 0.4) is 0 Å². The second-order valence-corrected chi connectivity index (χ2v) is 7.25. The zero-order valence-corrected chi connectivity index (χ0v) is 15.9. The highest BCUT2D eigenvalue weighted by molar-refractivity contribution is 7.16. The van der Waals surface area contributed by atoms with E-state index in [0.29, 0.717) is 0 Å². The molecule has 1 aromatic carbocycles. The van der Waals surface area contributed by atoms with Crippen molar-refractivity contribution in [2.24, 2.45) is 0 Å². The van der Waals surface area contributed by atoms with Gasteiger partial charge in [0.15, 0.2) is 0 Å². The number of unbranched alkanes of at least 4 members (excludes halogenated alkanes) is 6. The van der Waals surface area contributed by atoms with Crippen LogP contribution in [0.15, 0.2) is 30.3 Å². The van der Waals surface area contributed by atoms with E-state index >= 15 is 0 Å². The van der Waals surface area contributed by atoms with Gasteiger partial charge in [0.05, 0.1) is 0 Å². The first-order valence-electron chi connectivity index (χ1n) is 8.83. The SMILES string of the molecule is PCCCCCCCC(CCCCCP)c1ccccc1. The molecule has 0 nitrogen and oxygen atoms in total. The lowest BCUT2D eigenvalue weighted by atomic mass is 9.88. The molecule has 120 valence electrons. The number of benzene rings is 1. The third-order valence-corrected chi connectivity index (χ3v) is 5.10. The summed E-state index contributed by atoms with van der Waals surface area (Å²) in [5, 5.41) is 0. The summed E-state index contributed by atoms with van der Waals surface area (Å²) in [5.74, 6) is 0.789. The Morgan fingerprint density at radius 3 is 1.67 bits per heavy atom. The molecular formula is C19H34P2. The highest BCUT2D eigenvalue weighted by atomic mass is 31.0. The van der Waals surface area contributed by atoms with Gasteiger partial charge in [0, 0.05) is 0 Å². The molecule has 3 atom stereocenters. The van der Waals surface area contributed by atoms with Gasteiger partial charge in [-0.05, 0) is 49.5 Å². The van der Waals surface area contributed by atoms with E-state index in [1.165, 1.54) is 76.5 Å². The summed E-state index contributed by atoms with van der Waals surface area (Å²) in [6.07, 6.45) is 16.4. The summed E-state index contributed by atoms with van der Waals surface area (Å²) in [6, 6.07) is 11.2. The van der Waals surface area contributed by atoms with Gasteiger partial charge in [-0.15, -0.1) is 18.5 Å². The van der Waals surface area contributed by atoms with E-state index in [0.717, 1.165) is 5.92 Å². The monoisotopic (exact) mass is 324 g/mol. The van der Waals surface area contributed by atoms with Crippen molar-refractivity contribution in [1.82, 2.24) is 0 Å². The quantitative estimate of drug-likeness (QED) is 0.290. The van der Waals surface area contributed by atoms with E-state index in [2.05, 4.69) is 48.8 Å². The maximum absolute atomic E-state index is 2.84. The first-order chi connectivity index (χ1) is 10.4. The fourth-order valence-electron chi connectivity index (χ4n) is 2.98. The average molecular weight is 324 g/mol. The molecule has 0 amide bonds. The van der Waals surface area contributed by atoms with Gasteiger partial charge < -0.3 is 0 Å². The van der Waals surface area contributed by atoms with Crippen LogP contribution in [-0.4, -0.2) is 12.3 Å². The van der Waals surface area contributed by atoms with Crippen molar-refractivity contribution < 1.29 is 0 Å². The van der Waals surface area contributed by atoms with Crippen LogP contribution in [0, 0.1) is 0 Å². The lowest BCUT2D eigenvalue weighted by molar-refractivity contribution is 0.498. The molecule has 1 rings (SSSR count). The van der Waals surface area contributed by atoms with E-state index in [4.69, 9.17) is 0 Å². The van der Waals surface area contributed by atoms with E-state index in [9.17, 15) is 0 Å². The van der Waals surface area contributed by atoms with Crippen LogP contribution >= 0.6 is 18.5 Å². The Labute approximate surface area is 137 Å². The molecule has 0 aliphatic heterocycles. The topological polar surface area (TPSA) is 0 Å². The Hall–Kier alpha value is 0.0800. The normalized spacial score (nSPS) is 12.5. The molecule has 0 spiro atoms. The molecule has 0 aliphatic carbocycles. The van der Waals surface area contributed by atoms with Crippen LogP contribution in [0.2, 0.25) is 0 Å². The minimum atomic E-state index is 0.789. The number of rotatable bonds is 13. The van der Waals surface area contributed by atoms with Gasteiger partial charge >= 0.3 is 0 Å². The first-order valence-corrected chi connectivity index (χ1v) is 10.5. The highest BCUT2D eigenvalue weighted by Crippen LogP contribution is 2.28. The van der Waals surface area contributed by atoms with Gasteiger partial charge in [-0.1, -0.05) is 68.9 Å². The van der Waals surface area contributed by atoms with E-state index in [1.54, 1.807) is 5.56 Å². The zero-order valence-electron chi connectivity index (χ0n) is 13.6. The average Bonchev–Trinajstić information content (AvgIpc) is 2.53. The molecule has 0 saturated carbocycles. The third-order valence-electron chi connectivity index (χ3n) is 4.28. The van der Waals surface area contributed by atoms with Crippen molar-refractivity contribution in [1.29, 1.82) is 0 Å². The number of hydrogen-bond acceptors (Lipinski definition) is 0.